The summed E-state index contributed by atoms with van der Waals surface area (Å²) in [6, 6.07) is 7.70. The number of rotatable bonds is 3. The van der Waals surface area contributed by atoms with Crippen molar-refractivity contribution < 1.29 is 22.6 Å². The molecule has 1 atom stereocenters. The number of alkyl halides is 3. The molecule has 0 amide bonds. The smallest absolute Gasteiger partial charge is 0.342 e. The van der Waals surface area contributed by atoms with Gasteiger partial charge in [0.1, 0.15) is 0 Å². The first-order valence-electron chi connectivity index (χ1n) is 3.91. The molecule has 1 aromatic carbocycles. The van der Waals surface area contributed by atoms with E-state index < -0.39 is 19.3 Å². The van der Waals surface area contributed by atoms with Crippen molar-refractivity contribution in [2.75, 3.05) is 6.61 Å². The van der Waals surface area contributed by atoms with E-state index >= 15 is 0 Å². The average Bonchev–Trinajstić information content (AvgIpc) is 2.16. The van der Waals surface area contributed by atoms with Crippen molar-refractivity contribution >= 4 is 23.6 Å². The van der Waals surface area contributed by atoms with Crippen LogP contribution in [0.5, 0.6) is 0 Å². The highest BCUT2D eigenvalue weighted by Gasteiger charge is 2.31. The van der Waals surface area contributed by atoms with Crippen LogP contribution < -0.4 is 5.30 Å². The lowest BCUT2D eigenvalue weighted by Gasteiger charge is -2.16. The molecule has 0 fully saturated rings. The largest absolute Gasteiger partial charge is 0.412 e. The lowest BCUT2D eigenvalue weighted by Crippen LogP contribution is -2.18. The maximum atomic E-state index is 11.8. The Balaban J connectivity index is 2.73. The summed E-state index contributed by atoms with van der Waals surface area (Å²) in [5.74, 6) is 0. The molecule has 0 aromatic heterocycles. The summed E-state index contributed by atoms with van der Waals surface area (Å²) >= 11 is 4.62. The first kappa shape index (κ1) is 12.6. The van der Waals surface area contributed by atoms with E-state index in [1.54, 1.807) is 18.2 Å². The van der Waals surface area contributed by atoms with Gasteiger partial charge in [0.15, 0.2) is 6.61 Å². The number of benzene rings is 1. The van der Waals surface area contributed by atoms with Crippen LogP contribution in [0.3, 0.4) is 0 Å². The molecule has 0 bridgehead atoms. The van der Waals surface area contributed by atoms with E-state index in [2.05, 4.69) is 16.3 Å². The van der Waals surface area contributed by atoms with Crippen LogP contribution in [0.25, 0.3) is 0 Å². The summed E-state index contributed by atoms with van der Waals surface area (Å²) in [6.07, 6.45) is -4.48. The quantitative estimate of drug-likeness (QED) is 0.841. The number of hydrogen-bond acceptors (Lipinski definition) is 2. The fourth-order valence-corrected chi connectivity index (χ4v) is 2.39. The predicted octanol–water partition coefficient (Wildman–Crippen LogP) is 2.19. The Hall–Kier alpha value is -0.420. The molecule has 2 nitrogen and oxygen atoms in total. The third-order valence-electron chi connectivity index (χ3n) is 1.49. The van der Waals surface area contributed by atoms with Crippen molar-refractivity contribution in [3.8, 4) is 0 Å². The number of hydrogen-bond donors (Lipinski definition) is 1. The fourth-order valence-electron chi connectivity index (χ4n) is 0.852. The molecule has 1 unspecified atom stereocenters. The molecule has 0 aliphatic carbocycles. The molecule has 0 spiro atoms. The Labute approximate surface area is 89.9 Å². The molecule has 1 aromatic rings. The molecule has 15 heavy (non-hydrogen) atoms. The summed E-state index contributed by atoms with van der Waals surface area (Å²) in [6.45, 7) is -5.06. The lowest BCUT2D eigenvalue weighted by atomic mass is 10.4. The van der Waals surface area contributed by atoms with E-state index in [1.807, 2.05) is 0 Å². The zero-order valence-electron chi connectivity index (χ0n) is 7.44. The van der Waals surface area contributed by atoms with Gasteiger partial charge in [0, 0.05) is 5.30 Å². The SMILES string of the molecule is OP(=S)(OCC(F)(F)F)c1ccccc1. The third kappa shape index (κ3) is 4.30. The van der Waals surface area contributed by atoms with Gasteiger partial charge in [0.25, 0.3) is 0 Å². The highest BCUT2D eigenvalue weighted by atomic mass is 32.5. The van der Waals surface area contributed by atoms with Gasteiger partial charge in [-0.25, -0.2) is 0 Å². The Morgan fingerprint density at radius 2 is 1.80 bits per heavy atom. The molecule has 1 N–H and O–H groups in total. The minimum Gasteiger partial charge on any atom is -0.342 e. The monoisotopic (exact) mass is 256 g/mol. The maximum Gasteiger partial charge on any atom is 0.412 e. The first-order chi connectivity index (χ1) is 6.81. The van der Waals surface area contributed by atoms with Gasteiger partial charge in [-0.2, -0.15) is 13.2 Å². The van der Waals surface area contributed by atoms with Crippen molar-refractivity contribution in [3.05, 3.63) is 30.3 Å². The Morgan fingerprint density at radius 3 is 2.27 bits per heavy atom. The predicted molar refractivity (Wildman–Crippen MR) is 54.6 cm³/mol. The maximum absolute atomic E-state index is 11.8. The number of halogens is 3. The Morgan fingerprint density at radius 1 is 1.27 bits per heavy atom. The van der Waals surface area contributed by atoms with Crippen molar-refractivity contribution in [3.63, 3.8) is 0 Å². The van der Waals surface area contributed by atoms with Crippen molar-refractivity contribution in [1.82, 2.24) is 0 Å². The van der Waals surface area contributed by atoms with E-state index in [0.29, 0.717) is 0 Å². The van der Waals surface area contributed by atoms with Crippen LogP contribution in [0.1, 0.15) is 0 Å². The lowest BCUT2D eigenvalue weighted by molar-refractivity contribution is -0.153. The van der Waals surface area contributed by atoms with Crippen LogP contribution in [0, 0.1) is 0 Å². The molecule has 84 valence electrons. The zero-order valence-corrected chi connectivity index (χ0v) is 9.15. The molecule has 0 saturated carbocycles. The molecular formula is C8H8F3O2PS. The van der Waals surface area contributed by atoms with E-state index in [4.69, 9.17) is 0 Å². The zero-order chi connectivity index (χ0) is 11.5. The van der Waals surface area contributed by atoms with Crippen LogP contribution in [0.15, 0.2) is 30.3 Å². The van der Waals surface area contributed by atoms with Gasteiger partial charge in [-0.15, -0.1) is 0 Å². The van der Waals surface area contributed by atoms with E-state index in [1.165, 1.54) is 12.1 Å². The molecule has 0 aliphatic heterocycles. The van der Waals surface area contributed by atoms with Crippen LogP contribution in [0.4, 0.5) is 13.2 Å². The van der Waals surface area contributed by atoms with Gasteiger partial charge in [0.05, 0.1) is 0 Å². The van der Waals surface area contributed by atoms with Gasteiger partial charge in [-0.05, 0) is 23.9 Å². The summed E-state index contributed by atoms with van der Waals surface area (Å²) < 4.78 is 39.8. The van der Waals surface area contributed by atoms with Gasteiger partial charge < -0.3 is 9.42 Å². The van der Waals surface area contributed by atoms with Crippen LogP contribution >= 0.6 is 6.49 Å². The van der Waals surface area contributed by atoms with E-state index in [0.717, 1.165) is 0 Å². The van der Waals surface area contributed by atoms with Gasteiger partial charge in [-0.3, -0.25) is 0 Å². The molecule has 0 heterocycles. The normalized spacial score (nSPS) is 16.0. The summed E-state index contributed by atoms with van der Waals surface area (Å²) in [5.41, 5.74) is 0. The van der Waals surface area contributed by atoms with Crippen molar-refractivity contribution in [2.24, 2.45) is 0 Å². The van der Waals surface area contributed by atoms with Gasteiger partial charge in [-0.1, -0.05) is 18.2 Å². The molecule has 0 aliphatic rings. The average molecular weight is 256 g/mol. The molecule has 0 saturated heterocycles. The van der Waals surface area contributed by atoms with Crippen molar-refractivity contribution in [1.29, 1.82) is 0 Å². The standard InChI is InChI=1S/C8H8F3O2PS/c9-8(10,11)6-13-14(12,15)7-4-2-1-3-5-7/h1-5H,6H2,(H,12,15). The Kier molecular flexibility index (Phi) is 3.89. The topological polar surface area (TPSA) is 29.5 Å². The van der Waals surface area contributed by atoms with Crippen LogP contribution in [-0.2, 0) is 16.3 Å². The van der Waals surface area contributed by atoms with E-state index in [-0.39, 0.29) is 5.30 Å². The highest BCUT2D eigenvalue weighted by Crippen LogP contribution is 2.42. The second kappa shape index (κ2) is 4.61. The third-order valence-corrected chi connectivity index (χ3v) is 3.86. The minimum absolute atomic E-state index is 0.212. The molecular weight excluding hydrogens is 248 g/mol. The van der Waals surface area contributed by atoms with Crippen LogP contribution in [0.2, 0.25) is 0 Å². The molecule has 7 heteroatoms. The molecule has 1 rings (SSSR count). The first-order valence-corrected chi connectivity index (χ1v) is 6.58. The fraction of sp³-hybridized carbons (Fsp3) is 0.250. The van der Waals surface area contributed by atoms with Crippen molar-refractivity contribution in [2.45, 2.75) is 6.18 Å². The van der Waals surface area contributed by atoms with E-state index in [9.17, 15) is 18.1 Å². The summed E-state index contributed by atoms with van der Waals surface area (Å²) in [4.78, 5) is 9.55. The van der Waals surface area contributed by atoms with Crippen LogP contribution in [-0.4, -0.2) is 17.7 Å². The van der Waals surface area contributed by atoms with Gasteiger partial charge in [0.2, 0.25) is 6.49 Å². The minimum atomic E-state index is -4.48. The second-order valence-corrected chi connectivity index (χ2v) is 6.04. The summed E-state index contributed by atoms with van der Waals surface area (Å²) in [7, 11) is 0. The second-order valence-electron chi connectivity index (χ2n) is 2.74. The molecule has 0 radical (unpaired) electrons. The highest BCUT2D eigenvalue weighted by molar-refractivity contribution is 8.13. The summed E-state index contributed by atoms with van der Waals surface area (Å²) in [5, 5.41) is 0.212. The Bertz CT molecular complexity index is 366. The van der Waals surface area contributed by atoms with Gasteiger partial charge >= 0.3 is 6.18 Å².